The SMILES string of the molecule is CCC(C)CNc1ccc(OCCOC)nc1. The number of methoxy groups -OCH3 is 1. The quantitative estimate of drug-likeness (QED) is 0.707. The van der Waals surface area contributed by atoms with Crippen molar-refractivity contribution in [3.05, 3.63) is 18.3 Å². The molecule has 4 heteroatoms. The molecule has 0 aliphatic carbocycles. The van der Waals surface area contributed by atoms with Crippen molar-refractivity contribution < 1.29 is 9.47 Å². The van der Waals surface area contributed by atoms with Crippen molar-refractivity contribution >= 4 is 5.69 Å². The van der Waals surface area contributed by atoms with Gasteiger partial charge in [0.25, 0.3) is 0 Å². The average molecular weight is 238 g/mol. The zero-order chi connectivity index (χ0) is 12.5. The molecule has 0 bridgehead atoms. The summed E-state index contributed by atoms with van der Waals surface area (Å²) >= 11 is 0. The lowest BCUT2D eigenvalue weighted by Gasteiger charge is -2.11. The predicted octanol–water partition coefficient (Wildman–Crippen LogP) is 2.56. The Labute approximate surface area is 103 Å². The fourth-order valence-corrected chi connectivity index (χ4v) is 1.24. The Morgan fingerprint density at radius 2 is 2.18 bits per heavy atom. The summed E-state index contributed by atoms with van der Waals surface area (Å²) in [4.78, 5) is 4.21. The monoisotopic (exact) mass is 238 g/mol. The maximum atomic E-state index is 5.38. The highest BCUT2D eigenvalue weighted by Crippen LogP contribution is 2.12. The molecule has 0 aliphatic heterocycles. The molecule has 0 aromatic carbocycles. The van der Waals surface area contributed by atoms with Crippen LogP contribution in [0.2, 0.25) is 0 Å². The van der Waals surface area contributed by atoms with Crippen molar-refractivity contribution in [1.29, 1.82) is 0 Å². The topological polar surface area (TPSA) is 43.4 Å². The van der Waals surface area contributed by atoms with Gasteiger partial charge in [0.05, 0.1) is 18.5 Å². The lowest BCUT2D eigenvalue weighted by molar-refractivity contribution is 0.144. The van der Waals surface area contributed by atoms with E-state index in [1.807, 2.05) is 12.1 Å². The predicted molar refractivity (Wildman–Crippen MR) is 69.6 cm³/mol. The summed E-state index contributed by atoms with van der Waals surface area (Å²) in [6, 6.07) is 3.85. The molecule has 17 heavy (non-hydrogen) atoms. The Kier molecular flexibility index (Phi) is 6.40. The van der Waals surface area contributed by atoms with Gasteiger partial charge >= 0.3 is 0 Å². The summed E-state index contributed by atoms with van der Waals surface area (Å²) in [7, 11) is 1.65. The van der Waals surface area contributed by atoms with Crippen molar-refractivity contribution in [2.24, 2.45) is 5.92 Å². The van der Waals surface area contributed by atoms with Crippen molar-refractivity contribution in [2.45, 2.75) is 20.3 Å². The van der Waals surface area contributed by atoms with E-state index >= 15 is 0 Å². The summed E-state index contributed by atoms with van der Waals surface area (Å²) in [6.45, 7) is 6.50. The van der Waals surface area contributed by atoms with Gasteiger partial charge in [-0.05, 0) is 12.0 Å². The third kappa shape index (κ3) is 5.54. The molecule has 4 nitrogen and oxygen atoms in total. The van der Waals surface area contributed by atoms with Gasteiger partial charge in [-0.2, -0.15) is 0 Å². The molecule has 1 unspecified atom stereocenters. The first-order valence-electron chi connectivity index (χ1n) is 6.08. The normalized spacial score (nSPS) is 12.2. The smallest absolute Gasteiger partial charge is 0.213 e. The van der Waals surface area contributed by atoms with Crippen molar-refractivity contribution in [3.63, 3.8) is 0 Å². The molecule has 1 aromatic heterocycles. The fraction of sp³-hybridized carbons (Fsp3) is 0.615. The Hall–Kier alpha value is -1.29. The second-order valence-electron chi connectivity index (χ2n) is 4.12. The minimum atomic E-state index is 0.531. The van der Waals surface area contributed by atoms with E-state index in [9.17, 15) is 0 Å². The third-order valence-corrected chi connectivity index (χ3v) is 2.63. The van der Waals surface area contributed by atoms with Crippen molar-refractivity contribution in [2.75, 3.05) is 32.2 Å². The lowest BCUT2D eigenvalue weighted by atomic mass is 10.1. The van der Waals surface area contributed by atoms with E-state index in [0.717, 1.165) is 12.2 Å². The number of hydrogen-bond acceptors (Lipinski definition) is 4. The number of pyridine rings is 1. The van der Waals surface area contributed by atoms with Gasteiger partial charge in [-0.15, -0.1) is 0 Å². The van der Waals surface area contributed by atoms with E-state index in [2.05, 4.69) is 24.1 Å². The molecule has 0 spiro atoms. The molecular formula is C13H22N2O2. The van der Waals surface area contributed by atoms with E-state index < -0.39 is 0 Å². The summed E-state index contributed by atoms with van der Waals surface area (Å²) in [5.41, 5.74) is 1.03. The highest BCUT2D eigenvalue weighted by atomic mass is 16.5. The number of nitrogens with zero attached hydrogens (tertiary/aromatic N) is 1. The second-order valence-corrected chi connectivity index (χ2v) is 4.12. The molecule has 0 saturated carbocycles. The van der Waals surface area contributed by atoms with Crippen LogP contribution in [0.5, 0.6) is 5.88 Å². The number of rotatable bonds is 8. The number of hydrogen-bond donors (Lipinski definition) is 1. The van der Waals surface area contributed by atoms with E-state index in [1.54, 1.807) is 13.3 Å². The molecular weight excluding hydrogens is 216 g/mol. The molecule has 0 radical (unpaired) electrons. The van der Waals surface area contributed by atoms with E-state index in [4.69, 9.17) is 9.47 Å². The molecule has 1 atom stereocenters. The van der Waals surface area contributed by atoms with Crippen LogP contribution in [0.1, 0.15) is 20.3 Å². The van der Waals surface area contributed by atoms with Crippen molar-refractivity contribution in [3.8, 4) is 5.88 Å². The van der Waals surface area contributed by atoms with Crippen LogP contribution in [0.15, 0.2) is 18.3 Å². The molecule has 1 rings (SSSR count). The van der Waals surface area contributed by atoms with Gasteiger partial charge < -0.3 is 14.8 Å². The van der Waals surface area contributed by atoms with Crippen LogP contribution in [0.3, 0.4) is 0 Å². The first-order valence-corrected chi connectivity index (χ1v) is 6.08. The largest absolute Gasteiger partial charge is 0.475 e. The van der Waals surface area contributed by atoms with Crippen LogP contribution in [0.25, 0.3) is 0 Å². The number of anilines is 1. The zero-order valence-corrected chi connectivity index (χ0v) is 10.9. The Morgan fingerprint density at radius 3 is 2.76 bits per heavy atom. The first-order chi connectivity index (χ1) is 8.26. The minimum absolute atomic E-state index is 0.531. The minimum Gasteiger partial charge on any atom is -0.475 e. The first kappa shape index (κ1) is 13.8. The maximum absolute atomic E-state index is 5.38. The molecule has 0 fully saturated rings. The third-order valence-electron chi connectivity index (χ3n) is 2.63. The number of ether oxygens (including phenoxy) is 2. The van der Waals surface area contributed by atoms with Gasteiger partial charge in [-0.3, -0.25) is 0 Å². The van der Waals surface area contributed by atoms with Gasteiger partial charge in [0.1, 0.15) is 6.61 Å². The van der Waals surface area contributed by atoms with Gasteiger partial charge in [-0.1, -0.05) is 20.3 Å². The van der Waals surface area contributed by atoms with Gasteiger partial charge in [-0.25, -0.2) is 4.98 Å². The van der Waals surface area contributed by atoms with Crippen LogP contribution in [0.4, 0.5) is 5.69 Å². The molecule has 96 valence electrons. The number of aromatic nitrogens is 1. The Balaban J connectivity index is 2.34. The summed E-state index contributed by atoms with van der Waals surface area (Å²) in [5, 5.41) is 3.35. The molecule has 1 aromatic rings. The second kappa shape index (κ2) is 7.90. The van der Waals surface area contributed by atoms with Crippen LogP contribution in [-0.4, -0.2) is 31.9 Å². The van der Waals surface area contributed by atoms with Crippen molar-refractivity contribution in [1.82, 2.24) is 4.98 Å². The standard InChI is InChI=1S/C13H22N2O2/c1-4-11(2)9-14-12-5-6-13(15-10-12)17-8-7-16-3/h5-6,10-11,14H,4,7-9H2,1-3H3. The van der Waals surface area contributed by atoms with Crippen LogP contribution in [0, 0.1) is 5.92 Å². The molecule has 0 aliphatic rings. The Bertz CT molecular complexity index is 301. The van der Waals surface area contributed by atoms with E-state index in [-0.39, 0.29) is 0 Å². The van der Waals surface area contributed by atoms with E-state index in [0.29, 0.717) is 25.0 Å². The fourth-order valence-electron chi connectivity index (χ4n) is 1.24. The van der Waals surface area contributed by atoms with Crippen LogP contribution >= 0.6 is 0 Å². The zero-order valence-electron chi connectivity index (χ0n) is 10.9. The summed E-state index contributed by atoms with van der Waals surface area (Å²) in [6.07, 6.45) is 2.98. The average Bonchev–Trinajstić information content (AvgIpc) is 2.37. The highest BCUT2D eigenvalue weighted by Gasteiger charge is 2.00. The van der Waals surface area contributed by atoms with Gasteiger partial charge in [0, 0.05) is 19.7 Å². The van der Waals surface area contributed by atoms with Gasteiger partial charge in [0.15, 0.2) is 0 Å². The summed E-state index contributed by atoms with van der Waals surface area (Å²) < 4.78 is 10.3. The van der Waals surface area contributed by atoms with E-state index in [1.165, 1.54) is 6.42 Å². The van der Waals surface area contributed by atoms with Crippen LogP contribution in [-0.2, 0) is 4.74 Å². The maximum Gasteiger partial charge on any atom is 0.213 e. The highest BCUT2D eigenvalue weighted by molar-refractivity contribution is 5.41. The Morgan fingerprint density at radius 1 is 1.35 bits per heavy atom. The molecule has 0 saturated heterocycles. The number of nitrogens with one attached hydrogen (secondary N) is 1. The van der Waals surface area contributed by atoms with Gasteiger partial charge in [0.2, 0.25) is 5.88 Å². The lowest BCUT2D eigenvalue weighted by Crippen LogP contribution is -2.10. The molecule has 0 amide bonds. The molecule has 1 N–H and O–H groups in total. The molecule has 1 heterocycles. The summed E-state index contributed by atoms with van der Waals surface area (Å²) in [5.74, 6) is 1.31. The van der Waals surface area contributed by atoms with Crippen LogP contribution < -0.4 is 10.1 Å².